The number of rotatable bonds is 8. The third-order valence-corrected chi connectivity index (χ3v) is 6.14. The summed E-state index contributed by atoms with van der Waals surface area (Å²) >= 11 is 0. The van der Waals surface area contributed by atoms with E-state index in [1.165, 1.54) is 12.1 Å². The average Bonchev–Trinajstić information content (AvgIpc) is 2.91. The van der Waals surface area contributed by atoms with Gasteiger partial charge in [-0.05, 0) is 73.0 Å². The Labute approximate surface area is 209 Å². The Morgan fingerprint density at radius 1 is 1.00 bits per heavy atom. The summed E-state index contributed by atoms with van der Waals surface area (Å²) < 4.78 is 36.5. The minimum atomic E-state index is -0.574. The highest BCUT2D eigenvalue weighted by Gasteiger charge is 2.34. The van der Waals surface area contributed by atoms with Crippen molar-refractivity contribution in [1.82, 2.24) is 4.90 Å². The molecule has 0 spiro atoms. The molecule has 8 heteroatoms. The zero-order valence-electron chi connectivity index (χ0n) is 20.5. The number of fused-ring (bicyclic) bond motifs is 1. The van der Waals surface area contributed by atoms with E-state index >= 15 is 0 Å². The van der Waals surface area contributed by atoms with E-state index in [4.69, 9.17) is 18.9 Å². The predicted octanol–water partition coefficient (Wildman–Crippen LogP) is 4.84. The highest BCUT2D eigenvalue weighted by Crippen LogP contribution is 2.39. The van der Waals surface area contributed by atoms with Gasteiger partial charge in [0.05, 0.1) is 38.0 Å². The molecule has 4 rings (SSSR count). The molecule has 0 bridgehead atoms. The first kappa shape index (κ1) is 25.0. The highest BCUT2D eigenvalue weighted by atomic mass is 19.1. The smallest absolute Gasteiger partial charge is 0.338 e. The highest BCUT2D eigenvalue weighted by molar-refractivity contribution is 5.95. The largest absolute Gasteiger partial charge is 0.493 e. The quantitative estimate of drug-likeness (QED) is 0.418. The number of hydrogen-bond donors (Lipinski definition) is 0. The fourth-order valence-electron chi connectivity index (χ4n) is 4.32. The second kappa shape index (κ2) is 11.1. The Morgan fingerprint density at radius 2 is 1.69 bits per heavy atom. The Morgan fingerprint density at radius 3 is 2.36 bits per heavy atom. The molecule has 1 atom stereocenters. The maximum absolute atomic E-state index is 14.5. The first-order valence-electron chi connectivity index (χ1n) is 11.7. The van der Waals surface area contributed by atoms with Crippen molar-refractivity contribution < 1.29 is 32.9 Å². The molecule has 0 radical (unpaired) electrons. The van der Waals surface area contributed by atoms with Crippen molar-refractivity contribution in [1.29, 1.82) is 0 Å². The van der Waals surface area contributed by atoms with E-state index in [1.807, 2.05) is 12.1 Å². The number of benzene rings is 3. The van der Waals surface area contributed by atoms with Crippen LogP contribution in [0.15, 0.2) is 60.7 Å². The van der Waals surface area contributed by atoms with Gasteiger partial charge in [0.15, 0.2) is 11.5 Å². The molecule has 1 amide bonds. The summed E-state index contributed by atoms with van der Waals surface area (Å²) in [6.07, 6.45) is 0.570. The Hall–Kier alpha value is -4.07. The fraction of sp³-hybridized carbons (Fsp3) is 0.286. The summed E-state index contributed by atoms with van der Waals surface area (Å²) in [5.41, 5.74) is 2.26. The zero-order chi connectivity index (χ0) is 25.7. The van der Waals surface area contributed by atoms with Crippen molar-refractivity contribution in [2.75, 3.05) is 34.0 Å². The van der Waals surface area contributed by atoms with Crippen molar-refractivity contribution in [3.8, 4) is 17.2 Å². The lowest BCUT2D eigenvalue weighted by Gasteiger charge is -2.37. The van der Waals surface area contributed by atoms with Gasteiger partial charge >= 0.3 is 5.97 Å². The molecule has 0 saturated carbocycles. The van der Waals surface area contributed by atoms with Crippen molar-refractivity contribution in [2.24, 2.45) is 0 Å². The lowest BCUT2D eigenvalue weighted by molar-refractivity contribution is 0.0524. The van der Waals surface area contributed by atoms with Crippen LogP contribution in [0.4, 0.5) is 4.39 Å². The van der Waals surface area contributed by atoms with E-state index in [2.05, 4.69) is 0 Å². The van der Waals surface area contributed by atoms with E-state index in [-0.39, 0.29) is 18.8 Å². The summed E-state index contributed by atoms with van der Waals surface area (Å²) in [6, 6.07) is 15.8. The lowest BCUT2D eigenvalue weighted by atomic mass is 9.91. The van der Waals surface area contributed by atoms with Crippen LogP contribution in [0.5, 0.6) is 17.2 Å². The molecule has 1 unspecified atom stereocenters. The molecule has 3 aromatic carbocycles. The van der Waals surface area contributed by atoms with Crippen LogP contribution >= 0.6 is 0 Å². The van der Waals surface area contributed by atoms with Crippen LogP contribution < -0.4 is 14.2 Å². The maximum atomic E-state index is 14.5. The molecule has 36 heavy (non-hydrogen) atoms. The van der Waals surface area contributed by atoms with Crippen molar-refractivity contribution in [3.63, 3.8) is 0 Å². The van der Waals surface area contributed by atoms with E-state index in [0.717, 1.165) is 11.1 Å². The molecule has 0 aromatic heterocycles. The van der Waals surface area contributed by atoms with Crippen LogP contribution in [-0.2, 0) is 11.2 Å². The van der Waals surface area contributed by atoms with Crippen LogP contribution in [0.25, 0.3) is 0 Å². The minimum Gasteiger partial charge on any atom is -0.493 e. The molecule has 0 N–H and O–H groups in total. The molecule has 188 valence electrons. The number of amides is 1. The molecule has 0 saturated heterocycles. The van der Waals surface area contributed by atoms with Gasteiger partial charge in [0.1, 0.15) is 18.2 Å². The van der Waals surface area contributed by atoms with Crippen LogP contribution in [0, 0.1) is 5.82 Å². The zero-order valence-corrected chi connectivity index (χ0v) is 20.5. The first-order valence-corrected chi connectivity index (χ1v) is 11.7. The molecule has 0 fully saturated rings. The number of halogens is 1. The second-order valence-electron chi connectivity index (χ2n) is 8.21. The summed E-state index contributed by atoms with van der Waals surface area (Å²) in [5.74, 6) is 0.246. The van der Waals surface area contributed by atoms with Crippen LogP contribution in [0.2, 0.25) is 0 Å². The molecule has 0 aliphatic carbocycles. The van der Waals surface area contributed by atoms with Gasteiger partial charge in [0.25, 0.3) is 5.91 Å². The third kappa shape index (κ3) is 5.12. The molecule has 1 aliphatic rings. The molecular weight excluding hydrogens is 465 g/mol. The Bertz CT molecular complexity index is 1240. The monoisotopic (exact) mass is 493 g/mol. The van der Waals surface area contributed by atoms with Gasteiger partial charge in [-0.25, -0.2) is 9.18 Å². The van der Waals surface area contributed by atoms with Gasteiger partial charge in [-0.1, -0.05) is 12.1 Å². The van der Waals surface area contributed by atoms with Gasteiger partial charge in [-0.2, -0.15) is 0 Å². The number of nitrogens with zero attached hydrogens (tertiary/aromatic N) is 1. The summed E-state index contributed by atoms with van der Waals surface area (Å²) in [5, 5.41) is 0. The molecular formula is C28H28FNO6. The summed E-state index contributed by atoms with van der Waals surface area (Å²) in [4.78, 5) is 27.0. The molecule has 1 aliphatic heterocycles. The van der Waals surface area contributed by atoms with Gasteiger partial charge in [-0.15, -0.1) is 0 Å². The van der Waals surface area contributed by atoms with Crippen molar-refractivity contribution in [3.05, 3.63) is 88.7 Å². The van der Waals surface area contributed by atoms with Crippen LogP contribution in [0.1, 0.15) is 44.8 Å². The third-order valence-electron chi connectivity index (χ3n) is 6.14. The Balaban J connectivity index is 1.65. The minimum absolute atomic E-state index is 0.00483. The summed E-state index contributed by atoms with van der Waals surface area (Å²) in [6.45, 7) is 2.53. The van der Waals surface area contributed by atoms with E-state index in [9.17, 15) is 14.0 Å². The summed E-state index contributed by atoms with van der Waals surface area (Å²) in [7, 11) is 3.12. The predicted molar refractivity (Wildman–Crippen MR) is 131 cm³/mol. The van der Waals surface area contributed by atoms with Gasteiger partial charge in [-0.3, -0.25) is 4.79 Å². The second-order valence-corrected chi connectivity index (χ2v) is 8.21. The normalized spacial score (nSPS) is 14.6. The topological polar surface area (TPSA) is 74.3 Å². The van der Waals surface area contributed by atoms with Gasteiger partial charge in [0.2, 0.25) is 0 Å². The van der Waals surface area contributed by atoms with Crippen molar-refractivity contribution in [2.45, 2.75) is 19.4 Å². The van der Waals surface area contributed by atoms with Gasteiger partial charge < -0.3 is 23.8 Å². The first-order chi connectivity index (χ1) is 17.5. The van der Waals surface area contributed by atoms with E-state index in [1.54, 1.807) is 62.4 Å². The average molecular weight is 494 g/mol. The van der Waals surface area contributed by atoms with E-state index < -0.39 is 23.7 Å². The maximum Gasteiger partial charge on any atom is 0.338 e. The van der Waals surface area contributed by atoms with Crippen molar-refractivity contribution >= 4 is 11.9 Å². The van der Waals surface area contributed by atoms with Crippen LogP contribution in [0.3, 0.4) is 0 Å². The van der Waals surface area contributed by atoms with E-state index in [0.29, 0.717) is 35.8 Å². The van der Waals surface area contributed by atoms with Gasteiger partial charge in [0, 0.05) is 6.54 Å². The Kier molecular flexibility index (Phi) is 7.73. The SMILES string of the molecule is CCOC(=O)c1ccc(OCC2c3cc(OC)c(OC)cc3CCN2C(=O)c2ccccc2F)cc1. The standard InChI is InChI=1S/C28H28FNO6/c1-4-35-28(32)18-9-11-20(12-10-18)36-17-24-22-16-26(34-3)25(33-2)15-19(22)13-14-30(24)27(31)21-7-5-6-8-23(21)29/h5-12,15-16,24H,4,13-14,17H2,1-3H3. The number of hydrogen-bond acceptors (Lipinski definition) is 6. The number of methoxy groups -OCH3 is 2. The fourth-order valence-corrected chi connectivity index (χ4v) is 4.32. The number of esters is 1. The number of ether oxygens (including phenoxy) is 4. The van der Waals surface area contributed by atoms with Crippen LogP contribution in [-0.4, -0.2) is 50.8 Å². The number of carbonyl (C=O) groups is 2. The lowest BCUT2D eigenvalue weighted by Crippen LogP contribution is -2.43. The molecule has 1 heterocycles. The number of carbonyl (C=O) groups excluding carboxylic acids is 2. The molecule has 3 aromatic rings. The molecule has 7 nitrogen and oxygen atoms in total.